The highest BCUT2D eigenvalue weighted by atomic mass is 79.9. The quantitative estimate of drug-likeness (QED) is 0.215. The first-order valence-corrected chi connectivity index (χ1v) is 13.5. The predicted molar refractivity (Wildman–Crippen MR) is 140 cm³/mol. The van der Waals surface area contributed by atoms with Crippen LogP contribution >= 0.6 is 31.9 Å². The van der Waals surface area contributed by atoms with Gasteiger partial charge >= 0.3 is 5.97 Å². The van der Waals surface area contributed by atoms with Crippen LogP contribution < -0.4 is 0 Å². The molecule has 6 atom stereocenters. The number of alkyl halides is 2. The zero-order valence-electron chi connectivity index (χ0n) is 20.0. The summed E-state index contributed by atoms with van der Waals surface area (Å²) in [6, 6.07) is 4.96. The third kappa shape index (κ3) is 5.76. The maximum absolute atomic E-state index is 13.0. The van der Waals surface area contributed by atoms with Crippen LogP contribution in [0.25, 0.3) is 0 Å². The van der Waals surface area contributed by atoms with Gasteiger partial charge in [0.25, 0.3) is 0 Å². The molecule has 3 rings (SSSR count). The molecule has 0 fully saturated rings. The van der Waals surface area contributed by atoms with Crippen LogP contribution in [0.4, 0.5) is 0 Å². The molecule has 182 valence electrons. The Morgan fingerprint density at radius 1 is 1.18 bits per heavy atom. The number of phenolic OH excluding ortho intramolecular Hbond substituents is 1. The minimum absolute atomic E-state index is 0.0791. The largest absolute Gasteiger partial charge is 0.508 e. The summed E-state index contributed by atoms with van der Waals surface area (Å²) in [5.41, 5.74) is 2.18. The highest BCUT2D eigenvalue weighted by molar-refractivity contribution is 9.09. The number of fused-ring (bicyclic) bond motifs is 3. The first-order valence-electron chi connectivity index (χ1n) is 11.7. The van der Waals surface area contributed by atoms with Crippen LogP contribution in [0.5, 0.6) is 5.75 Å². The molecule has 1 aliphatic heterocycles. The van der Waals surface area contributed by atoms with Crippen molar-refractivity contribution in [3.8, 4) is 5.75 Å². The lowest BCUT2D eigenvalue weighted by Gasteiger charge is -2.46. The zero-order valence-corrected chi connectivity index (χ0v) is 23.2. The molecule has 0 spiro atoms. The van der Waals surface area contributed by atoms with Gasteiger partial charge in [0.1, 0.15) is 11.9 Å². The van der Waals surface area contributed by atoms with E-state index < -0.39 is 17.7 Å². The van der Waals surface area contributed by atoms with Gasteiger partial charge in [0.15, 0.2) is 0 Å². The molecule has 4 nitrogen and oxygen atoms in total. The molecule has 0 aromatic heterocycles. The molecule has 33 heavy (non-hydrogen) atoms. The molecule has 1 heterocycles. The Hall–Kier alpha value is -1.11. The number of cyclic esters (lactones) is 1. The third-order valence-electron chi connectivity index (χ3n) is 7.77. The Labute approximate surface area is 214 Å². The number of halogens is 2. The molecule has 2 N–H and O–H groups in total. The van der Waals surface area contributed by atoms with Crippen LogP contribution in [0.3, 0.4) is 0 Å². The highest BCUT2D eigenvalue weighted by Gasteiger charge is 2.44. The number of rotatable bonds is 1. The van der Waals surface area contributed by atoms with E-state index >= 15 is 0 Å². The molecule has 1 aromatic carbocycles. The number of hydrogen-bond acceptors (Lipinski definition) is 4. The van der Waals surface area contributed by atoms with Gasteiger partial charge in [-0.05, 0) is 100.0 Å². The molecule has 6 heteroatoms. The molecule has 1 aliphatic carbocycles. The average molecular weight is 584 g/mol. The molecule has 0 saturated heterocycles. The summed E-state index contributed by atoms with van der Waals surface area (Å²) in [7, 11) is 0. The van der Waals surface area contributed by atoms with E-state index in [0.717, 1.165) is 30.4 Å². The van der Waals surface area contributed by atoms with Crippen molar-refractivity contribution < 1.29 is 19.7 Å². The maximum atomic E-state index is 13.0. The van der Waals surface area contributed by atoms with Crippen molar-refractivity contribution >= 4 is 37.8 Å². The average Bonchev–Trinajstić information content (AvgIpc) is 2.75. The number of phenols is 1. The predicted octanol–water partition coefficient (Wildman–Crippen LogP) is 6.86. The molecule has 2 aliphatic rings. The van der Waals surface area contributed by atoms with Crippen molar-refractivity contribution in [1.82, 2.24) is 0 Å². The highest BCUT2D eigenvalue weighted by Crippen LogP contribution is 2.51. The number of carbonyl (C=O) groups excluding carboxylic acids is 1. The van der Waals surface area contributed by atoms with E-state index in [9.17, 15) is 15.0 Å². The fraction of sp³-hybridized carbons (Fsp3) is 0.593. The van der Waals surface area contributed by atoms with Gasteiger partial charge in [0.2, 0.25) is 0 Å². The van der Waals surface area contributed by atoms with Gasteiger partial charge < -0.3 is 14.9 Å². The number of ether oxygens (including phenoxy) is 1. The van der Waals surface area contributed by atoms with Crippen molar-refractivity contribution in [2.75, 3.05) is 0 Å². The molecule has 1 aromatic rings. The van der Waals surface area contributed by atoms with E-state index in [0.29, 0.717) is 24.8 Å². The van der Waals surface area contributed by atoms with Crippen molar-refractivity contribution in [3.63, 3.8) is 0 Å². The first-order chi connectivity index (χ1) is 15.3. The van der Waals surface area contributed by atoms with Gasteiger partial charge in [-0.15, -0.1) is 0 Å². The summed E-state index contributed by atoms with van der Waals surface area (Å²) in [5.74, 6) is -0.0580. The van der Waals surface area contributed by atoms with Crippen LogP contribution in [0.2, 0.25) is 0 Å². The van der Waals surface area contributed by atoms with Gasteiger partial charge in [0, 0.05) is 9.65 Å². The van der Waals surface area contributed by atoms with Gasteiger partial charge in [0.05, 0.1) is 11.2 Å². The van der Waals surface area contributed by atoms with E-state index in [1.54, 1.807) is 18.2 Å². The fourth-order valence-electron chi connectivity index (χ4n) is 5.19. The Kier molecular flexibility index (Phi) is 8.23. The monoisotopic (exact) mass is 582 g/mol. The van der Waals surface area contributed by atoms with Gasteiger partial charge in [-0.2, -0.15) is 0 Å². The molecular formula is C27H36Br2O4. The molecule has 0 amide bonds. The molecule has 1 unspecified atom stereocenters. The maximum Gasteiger partial charge on any atom is 0.338 e. The second-order valence-electron chi connectivity index (χ2n) is 10.4. The molecule has 0 radical (unpaired) electrons. The Morgan fingerprint density at radius 3 is 2.55 bits per heavy atom. The smallest absolute Gasteiger partial charge is 0.338 e. The van der Waals surface area contributed by atoms with Crippen LogP contribution in [0.1, 0.15) is 75.7 Å². The summed E-state index contributed by atoms with van der Waals surface area (Å²) in [6.07, 6.45) is 6.04. The van der Waals surface area contributed by atoms with Gasteiger partial charge in [-0.1, -0.05) is 57.0 Å². The minimum atomic E-state index is -0.955. The second-order valence-corrected chi connectivity index (χ2v) is 12.6. The topological polar surface area (TPSA) is 66.8 Å². The first kappa shape index (κ1) is 26.5. The summed E-state index contributed by atoms with van der Waals surface area (Å²) in [4.78, 5) is 13.2. The summed E-state index contributed by atoms with van der Waals surface area (Å²) < 4.78 is 5.79. The number of hydrogen-bond donors (Lipinski definition) is 2. The zero-order chi connectivity index (χ0) is 24.6. The number of esters is 1. The Bertz CT molecular complexity index is 938. The van der Waals surface area contributed by atoms with E-state index in [1.807, 2.05) is 13.8 Å². The number of allylic oxidation sites excluding steroid dienone is 2. The lowest BCUT2D eigenvalue weighted by molar-refractivity contribution is 0.0134. The van der Waals surface area contributed by atoms with Crippen molar-refractivity contribution in [2.45, 2.75) is 87.6 Å². The normalized spacial score (nSPS) is 36.0. The van der Waals surface area contributed by atoms with Gasteiger partial charge in [-0.3, -0.25) is 0 Å². The van der Waals surface area contributed by atoms with Crippen LogP contribution in [-0.4, -0.2) is 37.5 Å². The van der Waals surface area contributed by atoms with Gasteiger partial charge in [-0.25, -0.2) is 4.79 Å². The number of benzene rings is 1. The SMILES string of the molecule is C=C(C)[C@@H]1CC[C@](C)(O)[C@H](Br)CC[C@]2(C)C(Br)CC=C(C)[C@H]2Cc2cc(ccc2O)C(=O)O1. The standard InChI is InChI=1S/C27H36Br2O4/c1-16(2)22-10-13-27(5,32)24(29)11-12-26(4)20(17(3)6-9-23(26)28)15-19-14-18(25(31)33-22)7-8-21(19)30/h6-8,14,20,22-24,30,32H,1,9-13,15H2,2-5H3/t20-,22+,23?,24-,26+,27+/m1/s1. The summed E-state index contributed by atoms with van der Waals surface area (Å²) in [5, 5.41) is 21.9. The molecular weight excluding hydrogens is 548 g/mol. The summed E-state index contributed by atoms with van der Waals surface area (Å²) in [6.45, 7) is 12.1. The summed E-state index contributed by atoms with van der Waals surface area (Å²) >= 11 is 7.71. The van der Waals surface area contributed by atoms with Crippen molar-refractivity contribution in [2.24, 2.45) is 11.3 Å². The third-order valence-corrected chi connectivity index (χ3v) is 10.6. The number of carbonyl (C=O) groups is 1. The lowest BCUT2D eigenvalue weighted by atomic mass is 9.62. The Balaban J connectivity index is 2.06. The number of aliphatic hydroxyl groups is 1. The van der Waals surface area contributed by atoms with Crippen molar-refractivity contribution in [1.29, 1.82) is 0 Å². The number of aromatic hydroxyl groups is 1. The van der Waals surface area contributed by atoms with Crippen LogP contribution in [0, 0.1) is 11.3 Å². The van der Waals surface area contributed by atoms with E-state index in [1.165, 1.54) is 5.57 Å². The van der Waals surface area contributed by atoms with E-state index in [-0.39, 0.29) is 26.7 Å². The van der Waals surface area contributed by atoms with E-state index in [4.69, 9.17) is 4.74 Å². The minimum Gasteiger partial charge on any atom is -0.508 e. The lowest BCUT2D eigenvalue weighted by Crippen LogP contribution is -2.43. The second kappa shape index (κ2) is 10.2. The van der Waals surface area contributed by atoms with Crippen molar-refractivity contribution in [3.05, 3.63) is 53.1 Å². The van der Waals surface area contributed by atoms with E-state index in [2.05, 4.69) is 58.4 Å². The van der Waals surface area contributed by atoms with Crippen LogP contribution in [-0.2, 0) is 11.2 Å². The molecule has 2 bridgehead atoms. The molecule has 0 saturated carbocycles. The van der Waals surface area contributed by atoms with Crippen LogP contribution in [0.15, 0.2) is 42.0 Å². The fourth-order valence-corrected chi connectivity index (χ4v) is 6.38. The Morgan fingerprint density at radius 2 is 1.88 bits per heavy atom.